The van der Waals surface area contributed by atoms with Crippen molar-refractivity contribution in [3.05, 3.63) is 24.0 Å². The van der Waals surface area contributed by atoms with Crippen molar-refractivity contribution in [2.24, 2.45) is 0 Å². The van der Waals surface area contributed by atoms with E-state index in [0.717, 1.165) is 31.5 Å². The molecule has 0 saturated carbocycles. The molecule has 0 N–H and O–H groups in total. The molecule has 0 bridgehead atoms. The molecule has 1 atom stereocenters. The molecule has 1 aromatic heterocycles. The van der Waals surface area contributed by atoms with Crippen molar-refractivity contribution >= 4 is 5.97 Å². The average Bonchev–Trinajstić information content (AvgIpc) is 2.78. The number of rotatable bonds is 4. The first kappa shape index (κ1) is 10.3. The number of aryl methyl sites for hydroxylation is 1. The van der Waals surface area contributed by atoms with Gasteiger partial charge in [-0.1, -0.05) is 13.3 Å². The second kappa shape index (κ2) is 4.51. The van der Waals surface area contributed by atoms with Crippen molar-refractivity contribution in [2.75, 3.05) is 6.61 Å². The predicted octanol–water partition coefficient (Wildman–Crippen LogP) is 2.32. The molecule has 0 aromatic carbocycles. The van der Waals surface area contributed by atoms with Crippen molar-refractivity contribution in [1.29, 1.82) is 0 Å². The fourth-order valence-corrected chi connectivity index (χ4v) is 2.02. The van der Waals surface area contributed by atoms with Gasteiger partial charge in [-0.2, -0.15) is 0 Å². The number of hydrogen-bond donors (Lipinski definition) is 0. The Morgan fingerprint density at radius 2 is 2.53 bits per heavy atom. The van der Waals surface area contributed by atoms with E-state index >= 15 is 0 Å². The minimum absolute atomic E-state index is 0.0307. The van der Waals surface area contributed by atoms with Crippen LogP contribution >= 0.6 is 0 Å². The highest BCUT2D eigenvalue weighted by atomic mass is 16.5. The average molecular weight is 207 g/mol. The molecule has 1 aliphatic rings. The van der Waals surface area contributed by atoms with Gasteiger partial charge in [0.2, 0.25) is 0 Å². The maximum atomic E-state index is 11.7. The van der Waals surface area contributed by atoms with E-state index in [9.17, 15) is 4.79 Å². The Morgan fingerprint density at radius 1 is 1.67 bits per heavy atom. The predicted molar refractivity (Wildman–Crippen MR) is 57.7 cm³/mol. The van der Waals surface area contributed by atoms with Crippen LogP contribution in [0.5, 0.6) is 0 Å². The molecule has 2 rings (SSSR count). The number of carbonyl (C=O) groups excluding carboxylic acids is 1. The van der Waals surface area contributed by atoms with Crippen LogP contribution in [0.1, 0.15) is 37.8 Å². The molecule has 0 saturated heterocycles. The van der Waals surface area contributed by atoms with Crippen LogP contribution in [-0.2, 0) is 16.1 Å². The number of esters is 1. The lowest BCUT2D eigenvalue weighted by atomic mass is 10.1. The van der Waals surface area contributed by atoms with Gasteiger partial charge in [0.05, 0.1) is 12.5 Å². The summed E-state index contributed by atoms with van der Waals surface area (Å²) in [5.41, 5.74) is 1.11. The van der Waals surface area contributed by atoms with Crippen LogP contribution in [0.2, 0.25) is 0 Å². The molecule has 1 unspecified atom stereocenters. The fourth-order valence-electron chi connectivity index (χ4n) is 2.02. The van der Waals surface area contributed by atoms with E-state index in [2.05, 4.69) is 11.5 Å². The molecule has 3 heteroatoms. The Bertz CT molecular complexity index is 343. The van der Waals surface area contributed by atoms with E-state index in [-0.39, 0.29) is 11.9 Å². The van der Waals surface area contributed by atoms with Gasteiger partial charge in [-0.25, -0.2) is 0 Å². The van der Waals surface area contributed by atoms with Crippen LogP contribution in [0.3, 0.4) is 0 Å². The van der Waals surface area contributed by atoms with Gasteiger partial charge in [0.25, 0.3) is 0 Å². The summed E-state index contributed by atoms with van der Waals surface area (Å²) in [7, 11) is 0. The van der Waals surface area contributed by atoms with Gasteiger partial charge < -0.3 is 9.30 Å². The van der Waals surface area contributed by atoms with Gasteiger partial charge >= 0.3 is 5.97 Å². The number of hydrogen-bond acceptors (Lipinski definition) is 2. The van der Waals surface area contributed by atoms with E-state index in [1.807, 2.05) is 18.3 Å². The molecule has 0 spiro atoms. The third-order valence-electron chi connectivity index (χ3n) is 2.91. The highest BCUT2D eigenvalue weighted by Crippen LogP contribution is 2.29. The summed E-state index contributed by atoms with van der Waals surface area (Å²) in [5.74, 6) is -0.0854. The largest absolute Gasteiger partial charge is 0.465 e. The van der Waals surface area contributed by atoms with Crippen LogP contribution in [-0.4, -0.2) is 17.1 Å². The molecule has 0 amide bonds. The zero-order valence-electron chi connectivity index (χ0n) is 9.11. The van der Waals surface area contributed by atoms with E-state index in [4.69, 9.17) is 4.74 Å². The normalized spacial score (nSPS) is 18.9. The molecule has 82 valence electrons. The SMILES string of the molecule is CCCCOC(=O)C1CCn2cccc21. The Hall–Kier alpha value is -1.25. The van der Waals surface area contributed by atoms with Crippen molar-refractivity contribution in [3.63, 3.8) is 0 Å². The molecule has 15 heavy (non-hydrogen) atoms. The number of aromatic nitrogens is 1. The number of nitrogens with zero attached hydrogens (tertiary/aromatic N) is 1. The first-order valence-electron chi connectivity index (χ1n) is 5.64. The maximum Gasteiger partial charge on any atom is 0.315 e. The van der Waals surface area contributed by atoms with E-state index in [0.29, 0.717) is 6.61 Å². The van der Waals surface area contributed by atoms with Gasteiger partial charge in [-0.05, 0) is 25.0 Å². The highest BCUT2D eigenvalue weighted by Gasteiger charge is 2.29. The molecular formula is C12H17NO2. The third-order valence-corrected chi connectivity index (χ3v) is 2.91. The standard InChI is InChI=1S/C12H17NO2/c1-2-3-9-15-12(14)10-6-8-13-7-4-5-11(10)13/h4-5,7,10H,2-3,6,8-9H2,1H3. The Kier molecular flexibility index (Phi) is 3.09. The molecular weight excluding hydrogens is 190 g/mol. The van der Waals surface area contributed by atoms with Crippen LogP contribution in [0.15, 0.2) is 18.3 Å². The van der Waals surface area contributed by atoms with Crippen LogP contribution in [0, 0.1) is 0 Å². The third kappa shape index (κ3) is 2.06. The van der Waals surface area contributed by atoms with Gasteiger partial charge in [-0.15, -0.1) is 0 Å². The van der Waals surface area contributed by atoms with Gasteiger partial charge in [0, 0.05) is 18.4 Å². The summed E-state index contributed by atoms with van der Waals surface area (Å²) in [4.78, 5) is 11.7. The van der Waals surface area contributed by atoms with Gasteiger partial charge in [-0.3, -0.25) is 4.79 Å². The van der Waals surface area contributed by atoms with Gasteiger partial charge in [0.15, 0.2) is 0 Å². The molecule has 0 aliphatic carbocycles. The molecule has 3 nitrogen and oxygen atoms in total. The summed E-state index contributed by atoms with van der Waals surface area (Å²) < 4.78 is 7.37. The molecule has 1 aromatic rings. The number of unbranched alkanes of at least 4 members (excludes halogenated alkanes) is 1. The summed E-state index contributed by atoms with van der Waals surface area (Å²) in [6, 6.07) is 4.00. The second-order valence-corrected chi connectivity index (χ2v) is 3.99. The number of carbonyl (C=O) groups is 1. The van der Waals surface area contributed by atoms with E-state index in [1.165, 1.54) is 0 Å². The lowest BCUT2D eigenvalue weighted by molar-refractivity contribution is -0.145. The minimum atomic E-state index is -0.0547. The Balaban J connectivity index is 1.92. The van der Waals surface area contributed by atoms with Gasteiger partial charge in [0.1, 0.15) is 0 Å². The zero-order chi connectivity index (χ0) is 10.7. The molecule has 0 fully saturated rings. The monoisotopic (exact) mass is 207 g/mol. The summed E-state index contributed by atoms with van der Waals surface area (Å²) >= 11 is 0. The van der Waals surface area contributed by atoms with Crippen LogP contribution in [0.4, 0.5) is 0 Å². The summed E-state index contributed by atoms with van der Waals surface area (Å²) in [6.45, 7) is 3.59. The van der Waals surface area contributed by atoms with Crippen molar-refractivity contribution in [3.8, 4) is 0 Å². The topological polar surface area (TPSA) is 31.2 Å². The van der Waals surface area contributed by atoms with E-state index < -0.39 is 0 Å². The van der Waals surface area contributed by atoms with Crippen molar-refractivity contribution in [2.45, 2.75) is 38.6 Å². The Morgan fingerprint density at radius 3 is 3.33 bits per heavy atom. The number of fused-ring (bicyclic) bond motifs is 1. The lowest BCUT2D eigenvalue weighted by Gasteiger charge is -2.09. The van der Waals surface area contributed by atoms with Crippen LogP contribution < -0.4 is 0 Å². The second-order valence-electron chi connectivity index (χ2n) is 3.99. The zero-order valence-corrected chi connectivity index (χ0v) is 9.11. The first-order valence-corrected chi connectivity index (χ1v) is 5.64. The molecule has 0 radical (unpaired) electrons. The maximum absolute atomic E-state index is 11.7. The molecule has 1 aliphatic heterocycles. The van der Waals surface area contributed by atoms with Crippen LogP contribution in [0.25, 0.3) is 0 Å². The number of ether oxygens (including phenoxy) is 1. The van der Waals surface area contributed by atoms with Crippen molar-refractivity contribution in [1.82, 2.24) is 4.57 Å². The first-order chi connectivity index (χ1) is 7.33. The molecule has 2 heterocycles. The van der Waals surface area contributed by atoms with Crippen molar-refractivity contribution < 1.29 is 9.53 Å². The quantitative estimate of drug-likeness (QED) is 0.560. The summed E-state index contributed by atoms with van der Waals surface area (Å²) in [6.07, 6.45) is 4.93. The fraction of sp³-hybridized carbons (Fsp3) is 0.583. The summed E-state index contributed by atoms with van der Waals surface area (Å²) in [5, 5.41) is 0. The van der Waals surface area contributed by atoms with E-state index in [1.54, 1.807) is 0 Å². The smallest absolute Gasteiger partial charge is 0.315 e. The highest BCUT2D eigenvalue weighted by molar-refractivity contribution is 5.78. The minimum Gasteiger partial charge on any atom is -0.465 e. The lowest BCUT2D eigenvalue weighted by Crippen LogP contribution is -2.14. The Labute approximate surface area is 90.0 Å².